The molecule has 0 bridgehead atoms. The Labute approximate surface area is 133 Å². The van der Waals surface area contributed by atoms with Crippen LogP contribution in [0.2, 0.25) is 0 Å². The van der Waals surface area contributed by atoms with Gasteiger partial charge in [-0.05, 0) is 42.7 Å². The molecule has 0 aliphatic carbocycles. The number of rotatable bonds is 5. The molecule has 0 radical (unpaired) electrons. The van der Waals surface area contributed by atoms with Crippen LogP contribution in [-0.2, 0) is 0 Å². The molecule has 2 rings (SSSR count). The molecule has 3 nitrogen and oxygen atoms in total. The Morgan fingerprint density at radius 3 is 2.62 bits per heavy atom. The van der Waals surface area contributed by atoms with Crippen LogP contribution in [0, 0.1) is 6.92 Å². The topological polar surface area (TPSA) is 49.3 Å². The number of hydrogen-bond donors (Lipinski definition) is 2. The van der Waals surface area contributed by atoms with Gasteiger partial charge in [0.05, 0.1) is 6.10 Å². The number of nitrogens with one attached hydrogen (secondary N) is 1. The van der Waals surface area contributed by atoms with Gasteiger partial charge in [-0.15, -0.1) is 0 Å². The van der Waals surface area contributed by atoms with E-state index in [0.717, 1.165) is 15.6 Å². The molecule has 0 aliphatic heterocycles. The Morgan fingerprint density at radius 2 is 1.95 bits per heavy atom. The van der Waals surface area contributed by atoms with Crippen LogP contribution < -0.4 is 5.32 Å². The molecule has 0 fully saturated rings. The average molecular weight is 348 g/mol. The molecule has 0 aliphatic rings. The Bertz CT molecular complexity index is 613. The minimum atomic E-state index is -0.558. The summed E-state index contributed by atoms with van der Waals surface area (Å²) in [5, 5.41) is 12.9. The maximum atomic E-state index is 12.1. The number of hydrogen-bond acceptors (Lipinski definition) is 2. The Morgan fingerprint density at radius 1 is 1.24 bits per heavy atom. The summed E-state index contributed by atoms with van der Waals surface area (Å²) in [6, 6.07) is 15.0. The Hall–Kier alpha value is -1.65. The van der Waals surface area contributed by atoms with Crippen molar-refractivity contribution in [2.24, 2.45) is 0 Å². The summed E-state index contributed by atoms with van der Waals surface area (Å²) in [6.07, 6.45) is -0.0665. The summed E-state index contributed by atoms with van der Waals surface area (Å²) in [7, 11) is 0. The highest BCUT2D eigenvalue weighted by molar-refractivity contribution is 9.10. The predicted octanol–water partition coefficient (Wildman–Crippen LogP) is 3.61. The fraction of sp³-hybridized carbons (Fsp3) is 0.235. The lowest BCUT2D eigenvalue weighted by Gasteiger charge is -2.12. The minimum Gasteiger partial charge on any atom is -0.388 e. The van der Waals surface area contributed by atoms with Crippen molar-refractivity contribution in [1.82, 2.24) is 5.32 Å². The number of aliphatic hydroxyl groups excluding tert-OH is 1. The molecule has 1 unspecified atom stereocenters. The van der Waals surface area contributed by atoms with Crippen LogP contribution in [0.3, 0.4) is 0 Å². The summed E-state index contributed by atoms with van der Waals surface area (Å²) in [5.74, 6) is -0.111. The molecule has 2 aromatic carbocycles. The second kappa shape index (κ2) is 7.38. The van der Waals surface area contributed by atoms with E-state index in [9.17, 15) is 9.90 Å². The first kappa shape index (κ1) is 15.7. The lowest BCUT2D eigenvalue weighted by atomic mass is 10.1. The standard InChI is InChI=1S/C17H18BrNO2/c1-12-11-14(18)7-8-15(12)17(21)19-10-9-16(20)13-5-3-2-4-6-13/h2-8,11,16,20H,9-10H2,1H3,(H,19,21). The highest BCUT2D eigenvalue weighted by Gasteiger charge is 2.11. The van der Waals surface area contributed by atoms with Gasteiger partial charge in [-0.3, -0.25) is 4.79 Å². The SMILES string of the molecule is Cc1cc(Br)ccc1C(=O)NCCC(O)c1ccccc1. The number of aryl methyl sites for hydroxylation is 1. The van der Waals surface area contributed by atoms with Gasteiger partial charge >= 0.3 is 0 Å². The van der Waals surface area contributed by atoms with Crippen molar-refractivity contribution in [1.29, 1.82) is 0 Å². The van der Waals surface area contributed by atoms with E-state index in [2.05, 4.69) is 21.2 Å². The van der Waals surface area contributed by atoms with Gasteiger partial charge in [-0.25, -0.2) is 0 Å². The second-order valence-corrected chi connectivity index (χ2v) is 5.85. The van der Waals surface area contributed by atoms with Crippen LogP contribution in [0.15, 0.2) is 53.0 Å². The average Bonchev–Trinajstić information content (AvgIpc) is 2.47. The van der Waals surface area contributed by atoms with Gasteiger partial charge in [0.15, 0.2) is 0 Å². The summed E-state index contributed by atoms with van der Waals surface area (Å²) >= 11 is 3.38. The first-order valence-electron chi connectivity index (χ1n) is 6.85. The van der Waals surface area contributed by atoms with E-state index in [4.69, 9.17) is 0 Å². The van der Waals surface area contributed by atoms with Gasteiger partial charge in [0.1, 0.15) is 0 Å². The summed E-state index contributed by atoms with van der Waals surface area (Å²) in [5.41, 5.74) is 2.45. The molecule has 0 heterocycles. The lowest BCUT2D eigenvalue weighted by Crippen LogP contribution is -2.26. The van der Waals surface area contributed by atoms with E-state index in [1.165, 1.54) is 0 Å². The molecule has 0 aromatic heterocycles. The first-order valence-corrected chi connectivity index (χ1v) is 7.64. The number of carbonyl (C=O) groups is 1. The van der Waals surface area contributed by atoms with Crippen LogP contribution in [-0.4, -0.2) is 17.6 Å². The van der Waals surface area contributed by atoms with Crippen molar-refractivity contribution in [3.63, 3.8) is 0 Å². The van der Waals surface area contributed by atoms with Crippen molar-refractivity contribution in [3.05, 3.63) is 69.7 Å². The molecule has 4 heteroatoms. The molecule has 0 saturated carbocycles. The van der Waals surface area contributed by atoms with Crippen LogP contribution >= 0.6 is 15.9 Å². The van der Waals surface area contributed by atoms with E-state index in [-0.39, 0.29) is 5.91 Å². The maximum Gasteiger partial charge on any atom is 0.251 e. The monoisotopic (exact) mass is 347 g/mol. The van der Waals surface area contributed by atoms with E-state index >= 15 is 0 Å². The molecule has 110 valence electrons. The van der Waals surface area contributed by atoms with Gasteiger partial charge < -0.3 is 10.4 Å². The third-order valence-corrected chi connectivity index (χ3v) is 3.81. The smallest absolute Gasteiger partial charge is 0.251 e. The number of carbonyl (C=O) groups excluding carboxylic acids is 1. The second-order valence-electron chi connectivity index (χ2n) is 4.93. The fourth-order valence-corrected chi connectivity index (χ4v) is 2.62. The number of aliphatic hydroxyl groups is 1. The predicted molar refractivity (Wildman–Crippen MR) is 87.2 cm³/mol. The summed E-state index contributed by atoms with van der Waals surface area (Å²) in [4.78, 5) is 12.1. The van der Waals surface area contributed by atoms with E-state index in [1.54, 1.807) is 6.07 Å². The van der Waals surface area contributed by atoms with E-state index in [0.29, 0.717) is 18.5 Å². The van der Waals surface area contributed by atoms with Crippen molar-refractivity contribution in [2.45, 2.75) is 19.4 Å². The number of amides is 1. The summed E-state index contributed by atoms with van der Waals surface area (Å²) < 4.78 is 0.955. The van der Waals surface area contributed by atoms with Gasteiger partial charge in [-0.2, -0.15) is 0 Å². The fourth-order valence-electron chi connectivity index (χ4n) is 2.14. The third-order valence-electron chi connectivity index (χ3n) is 3.32. The normalized spacial score (nSPS) is 12.0. The molecule has 0 saturated heterocycles. The van der Waals surface area contributed by atoms with Gasteiger partial charge in [0.25, 0.3) is 5.91 Å². The van der Waals surface area contributed by atoms with Crippen molar-refractivity contribution in [2.75, 3.05) is 6.54 Å². The zero-order valence-corrected chi connectivity index (χ0v) is 13.4. The van der Waals surface area contributed by atoms with Crippen LogP contribution in [0.4, 0.5) is 0 Å². The maximum absolute atomic E-state index is 12.1. The lowest BCUT2D eigenvalue weighted by molar-refractivity contribution is 0.0942. The molecule has 2 N–H and O–H groups in total. The molecule has 21 heavy (non-hydrogen) atoms. The number of benzene rings is 2. The first-order chi connectivity index (χ1) is 10.1. The van der Waals surface area contributed by atoms with Crippen molar-refractivity contribution >= 4 is 21.8 Å². The molecule has 0 spiro atoms. The molecule has 1 atom stereocenters. The summed E-state index contributed by atoms with van der Waals surface area (Å²) in [6.45, 7) is 2.34. The third kappa shape index (κ3) is 4.41. The Kier molecular flexibility index (Phi) is 5.53. The van der Waals surface area contributed by atoms with Crippen LogP contribution in [0.5, 0.6) is 0 Å². The zero-order chi connectivity index (χ0) is 15.2. The van der Waals surface area contributed by atoms with E-state index in [1.807, 2.05) is 49.4 Å². The number of halogens is 1. The van der Waals surface area contributed by atoms with Crippen LogP contribution in [0.25, 0.3) is 0 Å². The minimum absolute atomic E-state index is 0.111. The van der Waals surface area contributed by atoms with Crippen molar-refractivity contribution < 1.29 is 9.90 Å². The van der Waals surface area contributed by atoms with Crippen molar-refractivity contribution in [3.8, 4) is 0 Å². The highest BCUT2D eigenvalue weighted by atomic mass is 79.9. The van der Waals surface area contributed by atoms with Gasteiger partial charge in [0.2, 0.25) is 0 Å². The van der Waals surface area contributed by atoms with Gasteiger partial charge in [-0.1, -0.05) is 46.3 Å². The van der Waals surface area contributed by atoms with Gasteiger partial charge in [0, 0.05) is 16.6 Å². The quantitative estimate of drug-likeness (QED) is 0.867. The Balaban J connectivity index is 1.87. The molecular weight excluding hydrogens is 330 g/mol. The largest absolute Gasteiger partial charge is 0.388 e. The molecular formula is C17H18BrNO2. The van der Waals surface area contributed by atoms with E-state index < -0.39 is 6.10 Å². The molecule has 2 aromatic rings. The highest BCUT2D eigenvalue weighted by Crippen LogP contribution is 2.17. The molecule has 1 amide bonds. The zero-order valence-electron chi connectivity index (χ0n) is 11.8. The van der Waals surface area contributed by atoms with Crippen LogP contribution in [0.1, 0.15) is 34.0 Å².